The van der Waals surface area contributed by atoms with Gasteiger partial charge in [0.1, 0.15) is 5.82 Å². The van der Waals surface area contributed by atoms with Crippen LogP contribution in [0.4, 0.5) is 5.69 Å². The van der Waals surface area contributed by atoms with Crippen LogP contribution in [0.25, 0.3) is 11.0 Å². The Balaban J connectivity index is 1.37. The first-order valence-corrected chi connectivity index (χ1v) is 12.1. The number of fused-ring (bicyclic) bond motifs is 1. The number of aryl methyl sites for hydroxylation is 3. The van der Waals surface area contributed by atoms with Crippen LogP contribution in [0.15, 0.2) is 66.7 Å². The number of hydrogen-bond donors (Lipinski definition) is 0. The summed E-state index contributed by atoms with van der Waals surface area (Å²) >= 11 is 0. The molecule has 1 aromatic heterocycles. The number of imidazole rings is 1. The third-order valence-corrected chi connectivity index (χ3v) is 6.74. The lowest BCUT2D eigenvalue weighted by molar-refractivity contribution is -0.117. The molecule has 1 atom stereocenters. The summed E-state index contributed by atoms with van der Waals surface area (Å²) in [7, 11) is 1.65. The average molecular weight is 470 g/mol. The van der Waals surface area contributed by atoms with Crippen molar-refractivity contribution in [3.05, 3.63) is 83.7 Å². The van der Waals surface area contributed by atoms with E-state index in [-0.39, 0.29) is 11.8 Å². The van der Waals surface area contributed by atoms with Crippen molar-refractivity contribution in [3.63, 3.8) is 0 Å². The SMILES string of the molecule is COc1ccccc1OCCCn1c(C2CC(=O)N(c3c(C)cccc3C)C2)nc2ccccc21. The molecule has 35 heavy (non-hydrogen) atoms. The van der Waals surface area contributed by atoms with E-state index in [4.69, 9.17) is 14.5 Å². The summed E-state index contributed by atoms with van der Waals surface area (Å²) in [6, 6.07) is 22.1. The van der Waals surface area contributed by atoms with Crippen molar-refractivity contribution in [1.29, 1.82) is 0 Å². The van der Waals surface area contributed by atoms with E-state index >= 15 is 0 Å². The van der Waals surface area contributed by atoms with E-state index in [1.807, 2.05) is 53.4 Å². The summed E-state index contributed by atoms with van der Waals surface area (Å²) in [5, 5.41) is 0. The predicted molar refractivity (Wildman–Crippen MR) is 138 cm³/mol. The Bertz CT molecular complexity index is 1340. The molecule has 4 aromatic rings. The molecule has 1 saturated heterocycles. The third-order valence-electron chi connectivity index (χ3n) is 6.74. The molecule has 0 radical (unpaired) electrons. The fraction of sp³-hybridized carbons (Fsp3) is 0.310. The van der Waals surface area contributed by atoms with Crippen LogP contribution >= 0.6 is 0 Å². The normalized spacial score (nSPS) is 15.7. The van der Waals surface area contributed by atoms with Gasteiger partial charge in [-0.25, -0.2) is 4.98 Å². The van der Waals surface area contributed by atoms with Crippen LogP contribution in [-0.4, -0.2) is 35.7 Å². The van der Waals surface area contributed by atoms with Crippen LogP contribution in [0.5, 0.6) is 11.5 Å². The van der Waals surface area contributed by atoms with Crippen molar-refractivity contribution in [1.82, 2.24) is 9.55 Å². The highest BCUT2D eigenvalue weighted by Gasteiger charge is 2.35. The maximum Gasteiger partial charge on any atom is 0.227 e. The molecule has 6 nitrogen and oxygen atoms in total. The van der Waals surface area contributed by atoms with Crippen LogP contribution in [-0.2, 0) is 11.3 Å². The minimum atomic E-state index is 0.0454. The Morgan fingerprint density at radius 2 is 1.66 bits per heavy atom. The van der Waals surface area contributed by atoms with Crippen LogP contribution < -0.4 is 14.4 Å². The second-order valence-corrected chi connectivity index (χ2v) is 9.11. The monoisotopic (exact) mass is 469 g/mol. The topological polar surface area (TPSA) is 56.6 Å². The first-order valence-electron chi connectivity index (χ1n) is 12.1. The number of nitrogens with zero attached hydrogens (tertiary/aromatic N) is 3. The number of para-hydroxylation sites is 5. The molecule has 3 aromatic carbocycles. The van der Waals surface area contributed by atoms with Gasteiger partial charge in [0.15, 0.2) is 11.5 Å². The molecule has 2 heterocycles. The minimum absolute atomic E-state index is 0.0454. The molecule has 1 aliphatic heterocycles. The summed E-state index contributed by atoms with van der Waals surface area (Å²) in [5.74, 6) is 2.66. The zero-order valence-electron chi connectivity index (χ0n) is 20.5. The number of methoxy groups -OCH3 is 1. The fourth-order valence-electron chi connectivity index (χ4n) is 5.11. The maximum atomic E-state index is 13.1. The van der Waals surface area contributed by atoms with E-state index in [0.717, 1.165) is 58.1 Å². The first-order chi connectivity index (χ1) is 17.1. The van der Waals surface area contributed by atoms with Gasteiger partial charge < -0.3 is 18.9 Å². The average Bonchev–Trinajstić information content (AvgIpc) is 3.42. The highest BCUT2D eigenvalue weighted by atomic mass is 16.5. The molecule has 1 amide bonds. The summed E-state index contributed by atoms with van der Waals surface area (Å²) in [6.45, 7) is 6.11. The van der Waals surface area contributed by atoms with Gasteiger partial charge in [0, 0.05) is 31.1 Å². The number of rotatable bonds is 8. The van der Waals surface area contributed by atoms with Crippen LogP contribution in [0.2, 0.25) is 0 Å². The van der Waals surface area contributed by atoms with Gasteiger partial charge in [-0.1, -0.05) is 42.5 Å². The van der Waals surface area contributed by atoms with Gasteiger partial charge in [-0.05, 0) is 55.7 Å². The van der Waals surface area contributed by atoms with Crippen molar-refractivity contribution in [3.8, 4) is 11.5 Å². The highest BCUT2D eigenvalue weighted by Crippen LogP contribution is 2.36. The Morgan fingerprint density at radius 3 is 2.43 bits per heavy atom. The number of aromatic nitrogens is 2. The van der Waals surface area contributed by atoms with Gasteiger partial charge in [0.2, 0.25) is 5.91 Å². The zero-order valence-corrected chi connectivity index (χ0v) is 20.5. The third kappa shape index (κ3) is 4.48. The van der Waals surface area contributed by atoms with E-state index in [1.54, 1.807) is 7.11 Å². The number of carbonyl (C=O) groups is 1. The molecule has 6 heteroatoms. The molecule has 180 valence electrons. The lowest BCUT2D eigenvalue weighted by Gasteiger charge is -2.21. The van der Waals surface area contributed by atoms with Crippen LogP contribution in [0.1, 0.15) is 35.7 Å². The first kappa shape index (κ1) is 23.0. The van der Waals surface area contributed by atoms with Crippen LogP contribution in [0, 0.1) is 13.8 Å². The molecule has 1 fully saturated rings. The molecule has 0 saturated carbocycles. The highest BCUT2D eigenvalue weighted by molar-refractivity contribution is 5.98. The van der Waals surface area contributed by atoms with E-state index in [9.17, 15) is 4.79 Å². The van der Waals surface area contributed by atoms with Crippen molar-refractivity contribution in [2.75, 3.05) is 25.2 Å². The van der Waals surface area contributed by atoms with Gasteiger partial charge in [-0.15, -0.1) is 0 Å². The molecule has 1 aliphatic rings. The second kappa shape index (κ2) is 9.82. The molecule has 0 bridgehead atoms. The zero-order chi connectivity index (χ0) is 24.4. The smallest absolute Gasteiger partial charge is 0.227 e. The van der Waals surface area contributed by atoms with Gasteiger partial charge in [-0.3, -0.25) is 4.79 Å². The van der Waals surface area contributed by atoms with Crippen molar-refractivity contribution < 1.29 is 14.3 Å². The van der Waals surface area contributed by atoms with E-state index in [0.29, 0.717) is 19.6 Å². The van der Waals surface area contributed by atoms with Gasteiger partial charge in [0.25, 0.3) is 0 Å². The summed E-state index contributed by atoms with van der Waals surface area (Å²) in [4.78, 5) is 20.1. The van der Waals surface area contributed by atoms with E-state index in [1.165, 1.54) is 0 Å². The molecule has 0 N–H and O–H groups in total. The summed E-state index contributed by atoms with van der Waals surface area (Å²) < 4.78 is 13.7. The number of ether oxygens (including phenoxy) is 2. The Kier molecular flexibility index (Phi) is 6.45. The Labute approximate surface area is 206 Å². The lowest BCUT2D eigenvalue weighted by atomic mass is 10.1. The van der Waals surface area contributed by atoms with Crippen LogP contribution in [0.3, 0.4) is 0 Å². The summed E-state index contributed by atoms with van der Waals surface area (Å²) in [5.41, 5.74) is 5.35. The largest absolute Gasteiger partial charge is 0.493 e. The Morgan fingerprint density at radius 1 is 0.943 bits per heavy atom. The minimum Gasteiger partial charge on any atom is -0.493 e. The number of anilines is 1. The van der Waals surface area contributed by atoms with Crippen molar-refractivity contribution in [2.24, 2.45) is 0 Å². The molecule has 5 rings (SSSR count). The number of hydrogen-bond acceptors (Lipinski definition) is 4. The van der Waals surface area contributed by atoms with Crippen molar-refractivity contribution >= 4 is 22.6 Å². The molecule has 0 aliphatic carbocycles. The van der Waals surface area contributed by atoms with Gasteiger partial charge in [-0.2, -0.15) is 0 Å². The van der Waals surface area contributed by atoms with Gasteiger partial charge >= 0.3 is 0 Å². The second-order valence-electron chi connectivity index (χ2n) is 9.11. The number of benzene rings is 3. The number of carbonyl (C=O) groups excluding carboxylic acids is 1. The fourth-order valence-corrected chi connectivity index (χ4v) is 5.11. The van der Waals surface area contributed by atoms with E-state index in [2.05, 4.69) is 36.6 Å². The molecular formula is C29H31N3O3. The lowest BCUT2D eigenvalue weighted by Crippen LogP contribution is -2.26. The van der Waals surface area contributed by atoms with E-state index < -0.39 is 0 Å². The summed E-state index contributed by atoms with van der Waals surface area (Å²) in [6.07, 6.45) is 1.28. The predicted octanol–water partition coefficient (Wildman–Crippen LogP) is 5.65. The standard InChI is InChI=1S/C29H31N3O3/c1-20-10-8-11-21(2)28(20)32-19-22(18-27(32)33)29-30-23-12-4-5-13-24(23)31(29)16-9-17-35-26-15-7-6-14-25(26)34-3/h4-8,10-15,22H,9,16-19H2,1-3H3. The van der Waals surface area contributed by atoms with Gasteiger partial charge in [0.05, 0.1) is 24.8 Å². The number of amides is 1. The quantitative estimate of drug-likeness (QED) is 0.313. The molecule has 0 spiro atoms. The molecule has 1 unspecified atom stereocenters. The maximum absolute atomic E-state index is 13.1. The van der Waals surface area contributed by atoms with Crippen molar-refractivity contribution in [2.45, 2.75) is 39.2 Å². The Hall–Kier alpha value is -3.80. The molecular weight excluding hydrogens is 438 g/mol.